The van der Waals surface area contributed by atoms with E-state index in [2.05, 4.69) is 39.4 Å². The van der Waals surface area contributed by atoms with E-state index >= 15 is 0 Å². The summed E-state index contributed by atoms with van der Waals surface area (Å²) in [7, 11) is 0. The molecule has 29 heavy (non-hydrogen) atoms. The van der Waals surface area contributed by atoms with Crippen molar-refractivity contribution in [1.29, 1.82) is 0 Å². The van der Waals surface area contributed by atoms with Crippen LogP contribution in [0.1, 0.15) is 12.0 Å². The minimum atomic E-state index is -0.399. The molecule has 2 amide bonds. The number of rotatable bonds is 5. The summed E-state index contributed by atoms with van der Waals surface area (Å²) >= 11 is 0. The third-order valence-electron chi connectivity index (χ3n) is 5.79. The zero-order valence-electron chi connectivity index (χ0n) is 16.7. The minimum absolute atomic E-state index is 0.0385. The van der Waals surface area contributed by atoms with Crippen LogP contribution in [-0.2, 0) is 16.1 Å². The van der Waals surface area contributed by atoms with Gasteiger partial charge in [0.05, 0.1) is 12.5 Å². The molecule has 1 atom stereocenters. The SMILES string of the molecule is O=C1NCCN(Cc2ccccc2)C1CC(=O)N1CCN(c2ccccc2)CC1. The Labute approximate surface area is 172 Å². The Balaban J connectivity index is 1.35. The summed E-state index contributed by atoms with van der Waals surface area (Å²) in [6.45, 7) is 5.11. The van der Waals surface area contributed by atoms with Crippen molar-refractivity contribution in [3.05, 3.63) is 66.2 Å². The third kappa shape index (κ3) is 4.77. The summed E-state index contributed by atoms with van der Waals surface area (Å²) in [5.41, 5.74) is 2.36. The van der Waals surface area contributed by atoms with Crippen LogP contribution >= 0.6 is 0 Å². The maximum absolute atomic E-state index is 13.0. The molecule has 0 radical (unpaired) electrons. The third-order valence-corrected chi connectivity index (χ3v) is 5.79. The van der Waals surface area contributed by atoms with E-state index in [1.54, 1.807) is 0 Å². The largest absolute Gasteiger partial charge is 0.368 e. The molecule has 6 heteroatoms. The molecule has 2 fully saturated rings. The van der Waals surface area contributed by atoms with Crippen molar-refractivity contribution >= 4 is 17.5 Å². The van der Waals surface area contributed by atoms with E-state index in [9.17, 15) is 9.59 Å². The molecule has 2 aliphatic heterocycles. The fourth-order valence-corrected chi connectivity index (χ4v) is 4.14. The van der Waals surface area contributed by atoms with Crippen molar-refractivity contribution in [3.8, 4) is 0 Å². The summed E-state index contributed by atoms with van der Waals surface area (Å²) in [4.78, 5) is 31.8. The monoisotopic (exact) mass is 392 g/mol. The van der Waals surface area contributed by atoms with Gasteiger partial charge in [0.15, 0.2) is 0 Å². The lowest BCUT2D eigenvalue weighted by Crippen LogP contribution is -2.57. The van der Waals surface area contributed by atoms with Crippen molar-refractivity contribution < 1.29 is 9.59 Å². The number of benzene rings is 2. The topological polar surface area (TPSA) is 55.9 Å². The van der Waals surface area contributed by atoms with Gasteiger partial charge in [-0.1, -0.05) is 48.5 Å². The fraction of sp³-hybridized carbons (Fsp3) is 0.391. The quantitative estimate of drug-likeness (QED) is 0.842. The second kappa shape index (κ2) is 9.09. The van der Waals surface area contributed by atoms with Gasteiger partial charge in [0, 0.05) is 51.5 Å². The smallest absolute Gasteiger partial charge is 0.237 e. The lowest BCUT2D eigenvalue weighted by molar-refractivity contribution is -0.139. The first-order valence-corrected chi connectivity index (χ1v) is 10.3. The molecule has 2 heterocycles. The van der Waals surface area contributed by atoms with Gasteiger partial charge in [-0.15, -0.1) is 0 Å². The van der Waals surface area contributed by atoms with Gasteiger partial charge in [0.2, 0.25) is 11.8 Å². The molecule has 1 unspecified atom stereocenters. The number of piperazine rings is 2. The van der Waals surface area contributed by atoms with E-state index in [0.29, 0.717) is 26.2 Å². The van der Waals surface area contributed by atoms with Crippen molar-refractivity contribution in [2.24, 2.45) is 0 Å². The van der Waals surface area contributed by atoms with Gasteiger partial charge in [-0.05, 0) is 17.7 Å². The fourth-order valence-electron chi connectivity index (χ4n) is 4.14. The maximum atomic E-state index is 13.0. The van der Waals surface area contributed by atoms with Gasteiger partial charge in [-0.3, -0.25) is 14.5 Å². The second-order valence-corrected chi connectivity index (χ2v) is 7.67. The predicted octanol–water partition coefficient (Wildman–Crippen LogP) is 1.73. The Bertz CT molecular complexity index is 819. The van der Waals surface area contributed by atoms with Crippen molar-refractivity contribution in [2.45, 2.75) is 19.0 Å². The normalized spacial score (nSPS) is 20.4. The van der Waals surface area contributed by atoms with Gasteiger partial charge in [-0.25, -0.2) is 0 Å². The van der Waals surface area contributed by atoms with Crippen LogP contribution in [0.2, 0.25) is 0 Å². The number of anilines is 1. The first kappa shape index (κ1) is 19.5. The van der Waals surface area contributed by atoms with Crippen LogP contribution in [0.3, 0.4) is 0 Å². The number of amides is 2. The molecular formula is C23H28N4O2. The molecule has 0 bridgehead atoms. The van der Waals surface area contributed by atoms with E-state index in [0.717, 1.165) is 25.2 Å². The molecule has 2 aromatic carbocycles. The highest BCUT2D eigenvalue weighted by molar-refractivity contribution is 5.89. The molecule has 2 aromatic rings. The van der Waals surface area contributed by atoms with E-state index in [1.807, 2.05) is 41.3 Å². The molecule has 2 aliphatic rings. The molecule has 0 saturated carbocycles. The standard InChI is InChI=1S/C23H28N4O2/c28-22(26-15-13-25(14-16-26)20-9-5-2-6-10-20)17-21-23(29)24-11-12-27(21)18-19-7-3-1-4-8-19/h1-10,21H,11-18H2,(H,24,29). The maximum Gasteiger partial charge on any atom is 0.237 e. The Hall–Kier alpha value is -2.86. The average Bonchev–Trinajstić information content (AvgIpc) is 2.77. The van der Waals surface area contributed by atoms with Gasteiger partial charge < -0.3 is 15.1 Å². The summed E-state index contributed by atoms with van der Waals surface area (Å²) in [6.07, 6.45) is 0.240. The van der Waals surface area contributed by atoms with Gasteiger partial charge in [0.1, 0.15) is 0 Å². The summed E-state index contributed by atoms with van der Waals surface area (Å²) in [6, 6.07) is 20.0. The van der Waals surface area contributed by atoms with Crippen LogP contribution in [0.15, 0.2) is 60.7 Å². The molecular weight excluding hydrogens is 364 g/mol. The van der Waals surface area contributed by atoms with E-state index in [4.69, 9.17) is 0 Å². The molecule has 1 N–H and O–H groups in total. The van der Waals surface area contributed by atoms with Gasteiger partial charge in [0.25, 0.3) is 0 Å². The number of nitrogens with zero attached hydrogens (tertiary/aromatic N) is 3. The van der Waals surface area contributed by atoms with Crippen LogP contribution < -0.4 is 10.2 Å². The highest BCUT2D eigenvalue weighted by Crippen LogP contribution is 2.18. The van der Waals surface area contributed by atoms with Crippen molar-refractivity contribution in [1.82, 2.24) is 15.1 Å². The summed E-state index contributed by atoms with van der Waals surface area (Å²) in [5.74, 6) is 0.0290. The number of hydrogen-bond acceptors (Lipinski definition) is 4. The van der Waals surface area contributed by atoms with Gasteiger partial charge in [-0.2, -0.15) is 0 Å². The Morgan fingerprint density at radius 3 is 2.24 bits per heavy atom. The van der Waals surface area contributed by atoms with Crippen LogP contribution in [-0.4, -0.2) is 66.9 Å². The number of nitrogens with one attached hydrogen (secondary N) is 1. The molecule has 6 nitrogen and oxygen atoms in total. The summed E-state index contributed by atoms with van der Waals surface area (Å²) < 4.78 is 0. The zero-order chi connectivity index (χ0) is 20.1. The highest BCUT2D eigenvalue weighted by atomic mass is 16.2. The Kier molecular flexibility index (Phi) is 6.10. The minimum Gasteiger partial charge on any atom is -0.368 e. The molecule has 4 rings (SSSR count). The second-order valence-electron chi connectivity index (χ2n) is 7.67. The van der Waals surface area contributed by atoms with Crippen LogP contribution in [0.4, 0.5) is 5.69 Å². The number of para-hydroxylation sites is 1. The predicted molar refractivity (Wildman–Crippen MR) is 114 cm³/mol. The molecule has 0 aromatic heterocycles. The van der Waals surface area contributed by atoms with Crippen molar-refractivity contribution in [2.75, 3.05) is 44.2 Å². The lowest BCUT2D eigenvalue weighted by atomic mass is 10.1. The Morgan fingerprint density at radius 2 is 1.55 bits per heavy atom. The zero-order valence-corrected chi connectivity index (χ0v) is 16.7. The van der Waals surface area contributed by atoms with Crippen LogP contribution in [0.25, 0.3) is 0 Å². The summed E-state index contributed by atoms with van der Waals surface area (Å²) in [5, 5.41) is 2.93. The van der Waals surface area contributed by atoms with Crippen LogP contribution in [0.5, 0.6) is 0 Å². The number of carbonyl (C=O) groups excluding carboxylic acids is 2. The first-order valence-electron chi connectivity index (χ1n) is 10.3. The average molecular weight is 393 g/mol. The van der Waals surface area contributed by atoms with Crippen molar-refractivity contribution in [3.63, 3.8) is 0 Å². The molecule has 0 aliphatic carbocycles. The highest BCUT2D eigenvalue weighted by Gasteiger charge is 2.33. The van der Waals surface area contributed by atoms with Gasteiger partial charge >= 0.3 is 0 Å². The molecule has 2 saturated heterocycles. The van der Waals surface area contributed by atoms with Crippen LogP contribution in [0, 0.1) is 0 Å². The van der Waals surface area contributed by atoms with E-state index in [1.165, 1.54) is 5.69 Å². The lowest BCUT2D eigenvalue weighted by Gasteiger charge is -2.38. The van der Waals surface area contributed by atoms with E-state index in [-0.39, 0.29) is 18.2 Å². The van der Waals surface area contributed by atoms with E-state index < -0.39 is 6.04 Å². The number of carbonyl (C=O) groups is 2. The number of hydrogen-bond donors (Lipinski definition) is 1. The molecule has 152 valence electrons. The first-order chi connectivity index (χ1) is 14.2. The molecule has 0 spiro atoms. The Morgan fingerprint density at radius 1 is 0.897 bits per heavy atom.